The SMILES string of the molecule is CCC(Sc1nc2c(cc1C#N)CC(C(C)(C)C)CC2)C(=O)N(Cc1ccccc1)C1CC(=O)N(c2ccccc2)C1=O. The Labute approximate surface area is 258 Å². The van der Waals surface area contributed by atoms with Gasteiger partial charge in [0.05, 0.1) is 22.9 Å². The number of amides is 3. The topological polar surface area (TPSA) is 94.4 Å². The maximum atomic E-state index is 14.3. The number of pyridine rings is 1. The monoisotopic (exact) mass is 594 g/mol. The number of hydrogen-bond donors (Lipinski definition) is 0. The van der Waals surface area contributed by atoms with Crippen LogP contribution in [0.15, 0.2) is 71.8 Å². The minimum atomic E-state index is -0.920. The van der Waals surface area contributed by atoms with Gasteiger partial charge in [-0.3, -0.25) is 14.4 Å². The molecule has 1 fully saturated rings. The van der Waals surface area contributed by atoms with Crippen molar-refractivity contribution in [1.29, 1.82) is 5.26 Å². The van der Waals surface area contributed by atoms with Gasteiger partial charge in [0, 0.05) is 12.2 Å². The van der Waals surface area contributed by atoms with Crippen molar-refractivity contribution in [2.75, 3.05) is 4.90 Å². The molecule has 5 rings (SSSR count). The van der Waals surface area contributed by atoms with Crippen LogP contribution in [-0.2, 0) is 33.8 Å². The number of hydrogen-bond acceptors (Lipinski definition) is 6. The van der Waals surface area contributed by atoms with E-state index in [-0.39, 0.29) is 30.2 Å². The Kier molecular flexibility index (Phi) is 9.03. The molecule has 1 saturated heterocycles. The summed E-state index contributed by atoms with van der Waals surface area (Å²) in [6.45, 7) is 8.89. The minimum Gasteiger partial charge on any atom is -0.325 e. The Morgan fingerprint density at radius 1 is 1.09 bits per heavy atom. The van der Waals surface area contributed by atoms with Crippen molar-refractivity contribution in [2.24, 2.45) is 11.3 Å². The number of carbonyl (C=O) groups is 3. The molecule has 8 heteroatoms. The number of imide groups is 1. The zero-order chi connectivity index (χ0) is 30.7. The highest BCUT2D eigenvalue weighted by atomic mass is 32.2. The van der Waals surface area contributed by atoms with E-state index in [0.29, 0.717) is 28.6 Å². The summed E-state index contributed by atoms with van der Waals surface area (Å²) in [6, 6.07) is 21.7. The van der Waals surface area contributed by atoms with Crippen LogP contribution in [0.25, 0.3) is 0 Å². The van der Waals surface area contributed by atoms with Crippen LogP contribution >= 0.6 is 11.8 Å². The van der Waals surface area contributed by atoms with Gasteiger partial charge in [0.1, 0.15) is 17.1 Å². The molecule has 0 saturated carbocycles. The zero-order valence-corrected chi connectivity index (χ0v) is 26.1. The second-order valence-electron chi connectivity index (χ2n) is 12.5. The molecule has 2 aromatic carbocycles. The third-order valence-corrected chi connectivity index (χ3v) is 9.94. The fourth-order valence-electron chi connectivity index (χ4n) is 6.01. The van der Waals surface area contributed by atoms with Gasteiger partial charge in [0.2, 0.25) is 11.8 Å². The van der Waals surface area contributed by atoms with Gasteiger partial charge in [-0.1, -0.05) is 88.0 Å². The molecule has 3 aromatic rings. The van der Waals surface area contributed by atoms with Gasteiger partial charge < -0.3 is 4.90 Å². The normalized spacial score (nSPS) is 19.1. The van der Waals surface area contributed by atoms with E-state index < -0.39 is 17.2 Å². The first-order valence-corrected chi connectivity index (χ1v) is 15.8. The van der Waals surface area contributed by atoms with Crippen molar-refractivity contribution in [1.82, 2.24) is 9.88 Å². The molecule has 1 aliphatic carbocycles. The van der Waals surface area contributed by atoms with Gasteiger partial charge in [-0.15, -0.1) is 0 Å². The molecule has 0 bridgehead atoms. The molecule has 222 valence electrons. The Bertz CT molecular complexity index is 1540. The van der Waals surface area contributed by atoms with Crippen LogP contribution < -0.4 is 4.90 Å². The number of nitriles is 1. The summed E-state index contributed by atoms with van der Waals surface area (Å²) in [6.07, 6.45) is 3.17. The van der Waals surface area contributed by atoms with E-state index in [1.54, 1.807) is 29.2 Å². The molecule has 2 aliphatic rings. The minimum absolute atomic E-state index is 0.0805. The second-order valence-corrected chi connectivity index (χ2v) is 13.6. The number of anilines is 1. The van der Waals surface area contributed by atoms with Crippen molar-refractivity contribution in [3.8, 4) is 6.07 Å². The number of fused-ring (bicyclic) bond motifs is 1. The third-order valence-electron chi connectivity index (χ3n) is 8.59. The highest BCUT2D eigenvalue weighted by Gasteiger charge is 2.45. The Morgan fingerprint density at radius 2 is 1.77 bits per heavy atom. The number of rotatable bonds is 8. The van der Waals surface area contributed by atoms with Crippen LogP contribution in [0.5, 0.6) is 0 Å². The molecule has 3 unspecified atom stereocenters. The van der Waals surface area contributed by atoms with Crippen LogP contribution in [0.1, 0.15) is 69.3 Å². The van der Waals surface area contributed by atoms with E-state index in [1.165, 1.54) is 16.7 Å². The molecule has 2 heterocycles. The van der Waals surface area contributed by atoms with E-state index >= 15 is 0 Å². The molecule has 3 amide bonds. The lowest BCUT2D eigenvalue weighted by Crippen LogP contribution is -2.48. The molecule has 0 spiro atoms. The van der Waals surface area contributed by atoms with Crippen molar-refractivity contribution in [3.05, 3.63) is 89.1 Å². The van der Waals surface area contributed by atoms with Crippen molar-refractivity contribution in [2.45, 2.75) is 82.7 Å². The van der Waals surface area contributed by atoms with Gasteiger partial charge in [-0.25, -0.2) is 9.88 Å². The van der Waals surface area contributed by atoms with E-state index in [0.717, 1.165) is 36.1 Å². The van der Waals surface area contributed by atoms with Gasteiger partial charge in [0.15, 0.2) is 0 Å². The number of nitrogens with zero attached hydrogens (tertiary/aromatic N) is 4. The van der Waals surface area contributed by atoms with E-state index in [9.17, 15) is 19.6 Å². The number of para-hydroxylation sites is 1. The number of aromatic nitrogens is 1. The Hall–Kier alpha value is -3.96. The summed E-state index contributed by atoms with van der Waals surface area (Å²) in [5.74, 6) is -0.457. The van der Waals surface area contributed by atoms with Gasteiger partial charge in [0.25, 0.3) is 5.91 Å². The lowest BCUT2D eigenvalue weighted by molar-refractivity contribution is -0.138. The molecular weight excluding hydrogens is 556 g/mol. The third kappa shape index (κ3) is 6.52. The van der Waals surface area contributed by atoms with Crippen LogP contribution in [0.4, 0.5) is 5.69 Å². The second kappa shape index (κ2) is 12.7. The maximum absolute atomic E-state index is 14.3. The number of benzene rings is 2. The fraction of sp³-hybridized carbons (Fsp3) is 0.400. The summed E-state index contributed by atoms with van der Waals surface area (Å²) in [5, 5.41) is 10.0. The van der Waals surface area contributed by atoms with Crippen molar-refractivity contribution in [3.63, 3.8) is 0 Å². The van der Waals surface area contributed by atoms with E-state index in [1.807, 2.05) is 49.4 Å². The van der Waals surface area contributed by atoms with Gasteiger partial charge >= 0.3 is 0 Å². The quantitative estimate of drug-likeness (QED) is 0.223. The summed E-state index contributed by atoms with van der Waals surface area (Å²) in [4.78, 5) is 48.8. The fourth-order valence-corrected chi connectivity index (χ4v) is 7.08. The Morgan fingerprint density at radius 3 is 2.40 bits per heavy atom. The molecule has 1 aromatic heterocycles. The average molecular weight is 595 g/mol. The van der Waals surface area contributed by atoms with E-state index in [2.05, 4.69) is 26.8 Å². The molecule has 0 N–H and O–H groups in total. The standard InChI is InChI=1S/C35H38N4O3S/c1-5-30(43-32-25(21-36)18-24-19-26(35(2,3)4)16-17-28(24)37-32)34(42)38(22-23-12-8-6-9-13-23)29-20-31(40)39(33(29)41)27-14-10-7-11-15-27/h6-15,18,26,29-30H,5,16-17,19-20,22H2,1-4H3. The molecule has 1 aliphatic heterocycles. The maximum Gasteiger partial charge on any atom is 0.257 e. The smallest absolute Gasteiger partial charge is 0.257 e. The largest absolute Gasteiger partial charge is 0.325 e. The zero-order valence-electron chi connectivity index (χ0n) is 25.2. The number of aryl methyl sites for hydroxylation is 1. The predicted octanol–water partition coefficient (Wildman–Crippen LogP) is 6.34. The van der Waals surface area contributed by atoms with Crippen LogP contribution in [0.3, 0.4) is 0 Å². The first-order valence-electron chi connectivity index (χ1n) is 15.0. The molecular formula is C35H38N4O3S. The predicted molar refractivity (Wildman–Crippen MR) is 168 cm³/mol. The lowest BCUT2D eigenvalue weighted by atomic mass is 9.71. The van der Waals surface area contributed by atoms with Crippen LogP contribution in [0, 0.1) is 22.7 Å². The van der Waals surface area contributed by atoms with Crippen LogP contribution in [-0.4, -0.2) is 38.9 Å². The van der Waals surface area contributed by atoms with Crippen molar-refractivity contribution < 1.29 is 14.4 Å². The highest BCUT2D eigenvalue weighted by molar-refractivity contribution is 8.00. The summed E-state index contributed by atoms with van der Waals surface area (Å²) < 4.78 is 0. The van der Waals surface area contributed by atoms with E-state index in [4.69, 9.17) is 4.98 Å². The first-order chi connectivity index (χ1) is 20.6. The number of carbonyl (C=O) groups excluding carboxylic acids is 3. The van der Waals surface area contributed by atoms with Crippen LogP contribution in [0.2, 0.25) is 0 Å². The molecule has 0 radical (unpaired) electrons. The highest BCUT2D eigenvalue weighted by Crippen LogP contribution is 2.39. The number of thioether (sulfide) groups is 1. The van der Waals surface area contributed by atoms with Crippen molar-refractivity contribution >= 4 is 35.2 Å². The summed E-state index contributed by atoms with van der Waals surface area (Å²) in [7, 11) is 0. The molecule has 3 atom stereocenters. The summed E-state index contributed by atoms with van der Waals surface area (Å²) >= 11 is 1.29. The molecule has 43 heavy (non-hydrogen) atoms. The lowest BCUT2D eigenvalue weighted by Gasteiger charge is -2.35. The van der Waals surface area contributed by atoms with Gasteiger partial charge in [-0.2, -0.15) is 5.26 Å². The molecule has 7 nitrogen and oxygen atoms in total. The Balaban J connectivity index is 1.44. The average Bonchev–Trinajstić information content (AvgIpc) is 3.30. The summed E-state index contributed by atoms with van der Waals surface area (Å²) in [5.41, 5.74) is 4.14. The first kappa shape index (κ1) is 30.5. The van der Waals surface area contributed by atoms with Gasteiger partial charge in [-0.05, 0) is 66.3 Å².